The van der Waals surface area contributed by atoms with Crippen molar-refractivity contribution in [2.75, 3.05) is 12.8 Å². The van der Waals surface area contributed by atoms with Crippen LogP contribution in [0.5, 0.6) is 0 Å². The highest BCUT2D eigenvalue weighted by atomic mass is 32.2. The van der Waals surface area contributed by atoms with Crippen molar-refractivity contribution in [1.29, 1.82) is 0 Å². The van der Waals surface area contributed by atoms with Gasteiger partial charge in [-0.15, -0.1) is 11.3 Å². The van der Waals surface area contributed by atoms with Gasteiger partial charge in [0.2, 0.25) is 5.91 Å². The molecule has 5 heteroatoms. The Kier molecular flexibility index (Phi) is 5.52. The van der Waals surface area contributed by atoms with Crippen LogP contribution < -0.4 is 5.32 Å². The zero-order valence-corrected chi connectivity index (χ0v) is 14.3. The highest BCUT2D eigenvalue weighted by molar-refractivity contribution is 7.99. The van der Waals surface area contributed by atoms with Gasteiger partial charge in [0, 0.05) is 16.7 Å². The van der Waals surface area contributed by atoms with Crippen molar-refractivity contribution in [2.24, 2.45) is 5.92 Å². The van der Waals surface area contributed by atoms with Crippen LogP contribution in [0, 0.1) is 5.92 Å². The lowest BCUT2D eigenvalue weighted by molar-refractivity contribution is -0.130. The van der Waals surface area contributed by atoms with E-state index in [1.54, 1.807) is 11.3 Å². The van der Waals surface area contributed by atoms with Gasteiger partial charge < -0.3 is 4.90 Å². The van der Waals surface area contributed by atoms with Crippen LogP contribution in [0.1, 0.15) is 38.2 Å². The third kappa shape index (κ3) is 3.57. The molecule has 1 aromatic heterocycles. The van der Waals surface area contributed by atoms with E-state index in [0.29, 0.717) is 11.2 Å². The largest absolute Gasteiger partial charge is 0.320 e. The van der Waals surface area contributed by atoms with E-state index < -0.39 is 0 Å². The molecule has 1 N–H and O–H groups in total. The summed E-state index contributed by atoms with van der Waals surface area (Å²) in [5, 5.41) is 6.07. The third-order valence-electron chi connectivity index (χ3n) is 3.63. The Morgan fingerprint density at radius 2 is 2.20 bits per heavy atom. The van der Waals surface area contributed by atoms with Gasteiger partial charge >= 0.3 is 0 Å². The average Bonchev–Trinajstić information content (AvgIpc) is 3.01. The van der Waals surface area contributed by atoms with Gasteiger partial charge in [0.25, 0.3) is 0 Å². The minimum atomic E-state index is -0.0313. The molecule has 1 fully saturated rings. The molecule has 20 heavy (non-hydrogen) atoms. The van der Waals surface area contributed by atoms with Crippen LogP contribution in [0.15, 0.2) is 17.5 Å². The maximum Gasteiger partial charge on any atom is 0.241 e. The predicted octanol–water partition coefficient (Wildman–Crippen LogP) is 3.34. The van der Waals surface area contributed by atoms with E-state index in [0.717, 1.165) is 13.0 Å². The second-order valence-corrected chi connectivity index (χ2v) is 8.06. The average molecular weight is 313 g/mol. The van der Waals surface area contributed by atoms with E-state index in [9.17, 15) is 4.79 Å². The monoisotopic (exact) mass is 312 g/mol. The SMILES string of the molecule is CSC(C)CN1C(=O)C(CC(C)C)NC1c1cccs1. The highest BCUT2D eigenvalue weighted by Gasteiger charge is 2.40. The van der Waals surface area contributed by atoms with Gasteiger partial charge in [-0.1, -0.05) is 26.8 Å². The molecule has 1 aliphatic rings. The molecule has 2 rings (SSSR count). The number of amides is 1. The van der Waals surface area contributed by atoms with Crippen LogP contribution in [0.3, 0.4) is 0 Å². The van der Waals surface area contributed by atoms with Crippen LogP contribution in [0.25, 0.3) is 0 Å². The number of carbonyl (C=O) groups excluding carboxylic acids is 1. The van der Waals surface area contributed by atoms with Gasteiger partial charge in [-0.25, -0.2) is 0 Å². The molecule has 3 atom stereocenters. The summed E-state index contributed by atoms with van der Waals surface area (Å²) >= 11 is 3.53. The van der Waals surface area contributed by atoms with Crippen molar-refractivity contribution < 1.29 is 4.79 Å². The van der Waals surface area contributed by atoms with Crippen LogP contribution in [0.2, 0.25) is 0 Å². The number of carbonyl (C=O) groups is 1. The Morgan fingerprint density at radius 3 is 2.75 bits per heavy atom. The molecule has 1 saturated heterocycles. The molecular formula is C15H24N2OS2. The second-order valence-electron chi connectivity index (χ2n) is 5.80. The summed E-state index contributed by atoms with van der Waals surface area (Å²) in [5.41, 5.74) is 0. The molecule has 1 amide bonds. The standard InChI is InChI=1S/C15H24N2OS2/c1-10(2)8-12-15(18)17(9-11(3)19-4)14(16-12)13-6-5-7-20-13/h5-7,10-12,14,16H,8-9H2,1-4H3. The van der Waals surface area contributed by atoms with Gasteiger partial charge in [0.15, 0.2) is 0 Å². The summed E-state index contributed by atoms with van der Waals surface area (Å²) < 4.78 is 0. The van der Waals surface area contributed by atoms with Crippen LogP contribution in [0.4, 0.5) is 0 Å². The van der Waals surface area contributed by atoms with E-state index in [-0.39, 0.29) is 18.1 Å². The number of hydrogen-bond acceptors (Lipinski definition) is 4. The molecule has 112 valence electrons. The predicted molar refractivity (Wildman–Crippen MR) is 88.1 cm³/mol. The van der Waals surface area contributed by atoms with Gasteiger partial charge in [0.1, 0.15) is 6.17 Å². The second kappa shape index (κ2) is 6.96. The van der Waals surface area contributed by atoms with Gasteiger partial charge in [-0.05, 0) is 30.0 Å². The lowest BCUT2D eigenvalue weighted by Gasteiger charge is -2.25. The first-order valence-electron chi connectivity index (χ1n) is 7.15. The maximum absolute atomic E-state index is 12.7. The Morgan fingerprint density at radius 1 is 1.45 bits per heavy atom. The number of hydrogen-bond donors (Lipinski definition) is 1. The molecule has 0 spiro atoms. The summed E-state index contributed by atoms with van der Waals surface area (Å²) in [6, 6.07) is 4.14. The molecule has 0 bridgehead atoms. The summed E-state index contributed by atoms with van der Waals surface area (Å²) in [6.07, 6.45) is 3.07. The van der Waals surface area contributed by atoms with Crippen molar-refractivity contribution in [1.82, 2.24) is 10.2 Å². The van der Waals surface area contributed by atoms with Crippen molar-refractivity contribution in [2.45, 2.75) is 44.6 Å². The number of rotatable bonds is 6. The summed E-state index contributed by atoms with van der Waals surface area (Å²) in [4.78, 5) is 15.9. The fourth-order valence-corrected chi connectivity index (χ4v) is 3.65. The summed E-state index contributed by atoms with van der Waals surface area (Å²) in [6.45, 7) is 7.33. The molecule has 1 aromatic rings. The molecule has 0 aliphatic carbocycles. The minimum absolute atomic E-state index is 0.0313. The van der Waals surface area contributed by atoms with E-state index in [1.165, 1.54) is 4.88 Å². The minimum Gasteiger partial charge on any atom is -0.320 e. The Balaban J connectivity index is 2.16. The zero-order valence-electron chi connectivity index (χ0n) is 12.6. The van der Waals surface area contributed by atoms with Crippen molar-refractivity contribution in [3.8, 4) is 0 Å². The van der Waals surface area contributed by atoms with Gasteiger partial charge in [0.05, 0.1) is 6.04 Å². The molecule has 0 radical (unpaired) electrons. The number of thiophene rings is 1. The first-order valence-corrected chi connectivity index (χ1v) is 9.32. The molecule has 0 saturated carbocycles. The zero-order chi connectivity index (χ0) is 14.7. The molecule has 3 unspecified atom stereocenters. The molecule has 3 nitrogen and oxygen atoms in total. The lowest BCUT2D eigenvalue weighted by atomic mass is 10.0. The number of nitrogens with zero attached hydrogens (tertiary/aromatic N) is 1. The van der Waals surface area contributed by atoms with Crippen molar-refractivity contribution in [3.63, 3.8) is 0 Å². The maximum atomic E-state index is 12.7. The van der Waals surface area contributed by atoms with E-state index in [1.807, 2.05) is 16.7 Å². The fraction of sp³-hybridized carbons (Fsp3) is 0.667. The lowest BCUT2D eigenvalue weighted by Crippen LogP contribution is -2.35. The van der Waals surface area contributed by atoms with Crippen LogP contribution in [-0.2, 0) is 4.79 Å². The molecule has 2 heterocycles. The summed E-state index contributed by atoms with van der Waals surface area (Å²) in [7, 11) is 0. The molecular weight excluding hydrogens is 288 g/mol. The molecule has 0 aromatic carbocycles. The topological polar surface area (TPSA) is 32.3 Å². The molecule has 1 aliphatic heterocycles. The Bertz CT molecular complexity index is 433. The fourth-order valence-electron chi connectivity index (χ4n) is 2.55. The van der Waals surface area contributed by atoms with Crippen molar-refractivity contribution in [3.05, 3.63) is 22.4 Å². The number of thioether (sulfide) groups is 1. The first-order chi connectivity index (χ1) is 9.52. The highest BCUT2D eigenvalue weighted by Crippen LogP contribution is 2.31. The first kappa shape index (κ1) is 15.9. The summed E-state index contributed by atoms with van der Waals surface area (Å²) in [5.74, 6) is 0.788. The van der Waals surface area contributed by atoms with Crippen LogP contribution >= 0.6 is 23.1 Å². The third-order valence-corrected chi connectivity index (χ3v) is 5.51. The van der Waals surface area contributed by atoms with Gasteiger partial charge in [-0.3, -0.25) is 10.1 Å². The smallest absolute Gasteiger partial charge is 0.241 e. The van der Waals surface area contributed by atoms with E-state index >= 15 is 0 Å². The van der Waals surface area contributed by atoms with E-state index in [4.69, 9.17) is 0 Å². The Hall–Kier alpha value is -0.520. The van der Waals surface area contributed by atoms with E-state index in [2.05, 4.69) is 49.9 Å². The quantitative estimate of drug-likeness (QED) is 0.874. The van der Waals surface area contributed by atoms with Gasteiger partial charge in [-0.2, -0.15) is 11.8 Å². The Labute approximate surface area is 130 Å². The van der Waals surface area contributed by atoms with Crippen LogP contribution in [-0.4, -0.2) is 34.9 Å². The normalized spacial score (nSPS) is 24.6. The number of nitrogens with one attached hydrogen (secondary N) is 1. The van der Waals surface area contributed by atoms with Crippen molar-refractivity contribution >= 4 is 29.0 Å².